The predicted molar refractivity (Wildman–Crippen MR) is 93.5 cm³/mol. The van der Waals surface area contributed by atoms with Crippen molar-refractivity contribution in [1.82, 2.24) is 10.1 Å². The molecule has 25 heavy (non-hydrogen) atoms. The number of aromatic amines is 1. The zero-order valence-corrected chi connectivity index (χ0v) is 13.7. The molecule has 6 nitrogen and oxygen atoms in total. The normalized spacial score (nSPS) is 10.9. The van der Waals surface area contributed by atoms with Gasteiger partial charge in [-0.25, -0.2) is 4.79 Å². The molecule has 0 saturated carbocycles. The Hall–Kier alpha value is -3.19. The fourth-order valence-electron chi connectivity index (χ4n) is 2.45. The van der Waals surface area contributed by atoms with Gasteiger partial charge in [0.1, 0.15) is 18.0 Å². The van der Waals surface area contributed by atoms with E-state index in [-0.39, 0.29) is 17.9 Å². The third-order valence-electron chi connectivity index (χ3n) is 3.65. The van der Waals surface area contributed by atoms with E-state index in [4.69, 9.17) is 9.26 Å². The van der Waals surface area contributed by atoms with Crippen LogP contribution in [0.5, 0.6) is 0 Å². The molecule has 4 rings (SSSR count). The van der Waals surface area contributed by atoms with Gasteiger partial charge in [-0.1, -0.05) is 29.4 Å². The van der Waals surface area contributed by atoms with E-state index in [1.165, 1.54) is 11.3 Å². The number of rotatable bonds is 4. The second-order valence-corrected chi connectivity index (χ2v) is 6.28. The van der Waals surface area contributed by atoms with Crippen LogP contribution in [0.1, 0.15) is 16.2 Å². The van der Waals surface area contributed by atoms with Crippen molar-refractivity contribution >= 4 is 28.1 Å². The van der Waals surface area contributed by atoms with Gasteiger partial charge < -0.3 is 14.2 Å². The number of ether oxygens (including phenoxy) is 1. The lowest BCUT2D eigenvalue weighted by molar-refractivity contribution is 0.0457. The molecule has 0 fully saturated rings. The highest BCUT2D eigenvalue weighted by atomic mass is 32.1. The summed E-state index contributed by atoms with van der Waals surface area (Å²) < 4.78 is 10.5. The maximum absolute atomic E-state index is 12.2. The number of benzene rings is 1. The van der Waals surface area contributed by atoms with Crippen LogP contribution in [-0.2, 0) is 11.3 Å². The Kier molecular flexibility index (Phi) is 3.91. The topological polar surface area (TPSA) is 85.2 Å². The molecule has 3 heterocycles. The maximum Gasteiger partial charge on any atom is 0.355 e. The summed E-state index contributed by atoms with van der Waals surface area (Å²) in [7, 11) is 0. The quantitative estimate of drug-likeness (QED) is 0.567. The third kappa shape index (κ3) is 3.09. The lowest BCUT2D eigenvalue weighted by Crippen LogP contribution is -2.15. The fourth-order valence-corrected chi connectivity index (χ4v) is 3.13. The van der Waals surface area contributed by atoms with Gasteiger partial charge in [-0.05, 0) is 29.0 Å². The molecule has 4 aromatic rings. The van der Waals surface area contributed by atoms with Crippen molar-refractivity contribution in [2.45, 2.75) is 6.61 Å². The van der Waals surface area contributed by atoms with E-state index in [9.17, 15) is 9.59 Å². The molecular formula is C18H12N2O4S. The predicted octanol–water partition coefficient (Wildman–Crippen LogP) is 3.60. The van der Waals surface area contributed by atoms with Crippen LogP contribution >= 0.6 is 11.3 Å². The molecule has 0 aliphatic rings. The van der Waals surface area contributed by atoms with E-state index in [0.29, 0.717) is 22.2 Å². The van der Waals surface area contributed by atoms with Gasteiger partial charge in [0, 0.05) is 11.5 Å². The van der Waals surface area contributed by atoms with Gasteiger partial charge in [0.25, 0.3) is 5.56 Å². The summed E-state index contributed by atoms with van der Waals surface area (Å²) >= 11 is 1.53. The largest absolute Gasteiger partial charge is 0.454 e. The number of hydrogen-bond donors (Lipinski definition) is 1. The van der Waals surface area contributed by atoms with Crippen LogP contribution in [0.25, 0.3) is 21.4 Å². The highest BCUT2D eigenvalue weighted by molar-refractivity contribution is 7.13. The number of nitrogens with one attached hydrogen (secondary N) is 1. The summed E-state index contributed by atoms with van der Waals surface area (Å²) in [6.07, 6.45) is 0. The minimum Gasteiger partial charge on any atom is -0.454 e. The highest BCUT2D eigenvalue weighted by Crippen LogP contribution is 2.25. The summed E-state index contributed by atoms with van der Waals surface area (Å²) in [6, 6.07) is 14.2. The van der Waals surface area contributed by atoms with Gasteiger partial charge in [-0.15, -0.1) is 11.3 Å². The molecule has 0 atom stereocenters. The van der Waals surface area contributed by atoms with Crippen molar-refractivity contribution < 1.29 is 14.1 Å². The Morgan fingerprint density at radius 3 is 2.92 bits per heavy atom. The summed E-state index contributed by atoms with van der Waals surface area (Å²) in [4.78, 5) is 27.7. The minimum absolute atomic E-state index is 0.0391. The first-order valence-electron chi connectivity index (χ1n) is 7.49. The number of thiophene rings is 1. The Morgan fingerprint density at radius 1 is 1.20 bits per heavy atom. The molecule has 124 valence electrons. The molecule has 3 aromatic heterocycles. The van der Waals surface area contributed by atoms with E-state index >= 15 is 0 Å². The smallest absolute Gasteiger partial charge is 0.355 e. The first-order valence-corrected chi connectivity index (χ1v) is 8.37. The Labute approximate surface area is 145 Å². The van der Waals surface area contributed by atoms with Crippen LogP contribution < -0.4 is 5.56 Å². The van der Waals surface area contributed by atoms with Crippen molar-refractivity contribution in [2.24, 2.45) is 0 Å². The highest BCUT2D eigenvalue weighted by Gasteiger charge is 2.13. The Bertz CT molecular complexity index is 1100. The number of aromatic nitrogens is 2. The van der Waals surface area contributed by atoms with E-state index < -0.39 is 5.97 Å². The molecule has 0 saturated heterocycles. The lowest BCUT2D eigenvalue weighted by Gasteiger charge is -2.04. The van der Waals surface area contributed by atoms with Gasteiger partial charge in [0.2, 0.25) is 0 Å². The van der Waals surface area contributed by atoms with Crippen molar-refractivity contribution in [3.63, 3.8) is 0 Å². The van der Waals surface area contributed by atoms with E-state index in [2.05, 4.69) is 10.1 Å². The lowest BCUT2D eigenvalue weighted by atomic mass is 10.1. The van der Waals surface area contributed by atoms with Crippen molar-refractivity contribution in [3.8, 4) is 10.6 Å². The van der Waals surface area contributed by atoms with Gasteiger partial charge in [0.05, 0.1) is 4.88 Å². The van der Waals surface area contributed by atoms with Gasteiger partial charge in [-0.2, -0.15) is 0 Å². The van der Waals surface area contributed by atoms with Crippen LogP contribution in [0, 0.1) is 0 Å². The monoisotopic (exact) mass is 352 g/mol. The Balaban J connectivity index is 1.50. The van der Waals surface area contributed by atoms with Gasteiger partial charge >= 0.3 is 5.97 Å². The zero-order chi connectivity index (χ0) is 17.2. The minimum atomic E-state index is -0.622. The van der Waals surface area contributed by atoms with Gasteiger partial charge in [0.15, 0.2) is 5.76 Å². The SMILES string of the molecule is O=C(OCc1cc(-c2cccs2)on1)c1cc2ccccc2c(=O)[nH]1. The van der Waals surface area contributed by atoms with Crippen molar-refractivity contribution in [1.29, 1.82) is 0 Å². The summed E-state index contributed by atoms with van der Waals surface area (Å²) in [5, 5.41) is 7.03. The molecule has 0 unspecified atom stereocenters. The van der Waals surface area contributed by atoms with Gasteiger partial charge in [-0.3, -0.25) is 4.79 Å². The number of hydrogen-bond acceptors (Lipinski definition) is 6. The number of fused-ring (bicyclic) bond motifs is 1. The molecule has 7 heteroatoms. The number of carbonyl (C=O) groups excluding carboxylic acids is 1. The summed E-state index contributed by atoms with van der Waals surface area (Å²) in [5.41, 5.74) is 0.275. The average Bonchev–Trinajstić information content (AvgIpc) is 3.31. The van der Waals surface area contributed by atoms with Crippen LogP contribution in [-0.4, -0.2) is 16.1 Å². The number of H-pyrrole nitrogens is 1. The van der Waals surface area contributed by atoms with Crippen molar-refractivity contribution in [2.75, 3.05) is 0 Å². The first-order chi connectivity index (χ1) is 12.2. The molecule has 0 radical (unpaired) electrons. The third-order valence-corrected chi connectivity index (χ3v) is 4.53. The molecule has 0 bridgehead atoms. The zero-order valence-electron chi connectivity index (χ0n) is 12.9. The summed E-state index contributed by atoms with van der Waals surface area (Å²) in [5.74, 6) is 0.00341. The number of nitrogens with zero attached hydrogens (tertiary/aromatic N) is 1. The van der Waals surface area contributed by atoms with Crippen LogP contribution in [0.3, 0.4) is 0 Å². The molecular weight excluding hydrogens is 340 g/mol. The summed E-state index contributed by atoms with van der Waals surface area (Å²) in [6.45, 7) is -0.0391. The van der Waals surface area contributed by atoms with E-state index in [1.807, 2.05) is 17.5 Å². The fraction of sp³-hybridized carbons (Fsp3) is 0.0556. The Morgan fingerprint density at radius 2 is 2.08 bits per heavy atom. The molecule has 0 amide bonds. The molecule has 0 spiro atoms. The standard InChI is InChI=1S/C18H12N2O4S/c21-17-13-5-2-1-4-11(13)8-14(19-17)18(22)23-10-12-9-15(24-20-12)16-6-3-7-25-16/h1-9H,10H2,(H,19,21). The van der Waals surface area contributed by atoms with E-state index in [0.717, 1.165) is 4.88 Å². The van der Waals surface area contributed by atoms with Crippen LogP contribution in [0.15, 0.2) is 63.2 Å². The molecule has 0 aliphatic carbocycles. The molecule has 0 aliphatic heterocycles. The number of pyridine rings is 1. The average molecular weight is 352 g/mol. The number of esters is 1. The van der Waals surface area contributed by atoms with Crippen LogP contribution in [0.2, 0.25) is 0 Å². The number of carbonyl (C=O) groups is 1. The van der Waals surface area contributed by atoms with E-state index in [1.54, 1.807) is 36.4 Å². The molecule has 1 aromatic carbocycles. The molecule has 1 N–H and O–H groups in total. The first kappa shape index (κ1) is 15.3. The van der Waals surface area contributed by atoms with Crippen molar-refractivity contribution in [3.05, 3.63) is 75.7 Å². The second kappa shape index (κ2) is 6.37. The van der Waals surface area contributed by atoms with Crippen LogP contribution in [0.4, 0.5) is 0 Å². The second-order valence-electron chi connectivity index (χ2n) is 5.34. The maximum atomic E-state index is 12.2.